The molecule has 0 saturated carbocycles. The van der Waals surface area contributed by atoms with Crippen LogP contribution in [0.15, 0.2) is 48.8 Å². The van der Waals surface area contributed by atoms with Crippen molar-refractivity contribution in [2.24, 2.45) is 7.05 Å². The van der Waals surface area contributed by atoms with Gasteiger partial charge in [0, 0.05) is 18.3 Å². The van der Waals surface area contributed by atoms with Crippen LogP contribution < -0.4 is 22.5 Å². The monoisotopic (exact) mass is 374 g/mol. The number of fused-ring (bicyclic) bond motifs is 1. The average molecular weight is 374 g/mol. The maximum Gasteiger partial charge on any atom is 0.155 e. The SMILES string of the molecule is C[C@H](Nc1ncnc(N)c1N)c1nc2cccc(-c3ccc(N)cc3)c2n1C. The number of aromatic nitrogens is 4. The molecule has 0 fully saturated rings. The van der Waals surface area contributed by atoms with Crippen molar-refractivity contribution in [3.8, 4) is 11.1 Å². The van der Waals surface area contributed by atoms with Gasteiger partial charge in [-0.15, -0.1) is 0 Å². The number of nitrogens with zero attached hydrogens (tertiary/aromatic N) is 4. The van der Waals surface area contributed by atoms with Crippen molar-refractivity contribution >= 4 is 34.0 Å². The van der Waals surface area contributed by atoms with Gasteiger partial charge in [-0.1, -0.05) is 24.3 Å². The summed E-state index contributed by atoms with van der Waals surface area (Å²) in [6, 6.07) is 13.8. The maximum absolute atomic E-state index is 5.98. The highest BCUT2D eigenvalue weighted by Gasteiger charge is 2.18. The van der Waals surface area contributed by atoms with E-state index in [1.807, 2.05) is 50.4 Å². The largest absolute Gasteiger partial charge is 0.399 e. The van der Waals surface area contributed by atoms with E-state index in [-0.39, 0.29) is 11.9 Å². The van der Waals surface area contributed by atoms with Gasteiger partial charge >= 0.3 is 0 Å². The standard InChI is InChI=1S/C20H22N8/c1-11(26-19-16(22)18(23)24-10-25-19)20-27-15-5-3-4-14(17(15)28(20)2)12-6-8-13(21)9-7-12/h3-11H,21-22H2,1-2H3,(H3,23,24,25,26)/t11-/m0/s1. The van der Waals surface area contributed by atoms with E-state index in [4.69, 9.17) is 22.2 Å². The molecule has 0 radical (unpaired) electrons. The van der Waals surface area contributed by atoms with E-state index >= 15 is 0 Å². The molecule has 0 aliphatic rings. The molecule has 0 unspecified atom stereocenters. The van der Waals surface area contributed by atoms with Crippen LogP contribution in [0.5, 0.6) is 0 Å². The Morgan fingerprint density at radius 1 is 1.00 bits per heavy atom. The fraction of sp³-hybridized carbons (Fsp3) is 0.150. The fourth-order valence-corrected chi connectivity index (χ4v) is 3.36. The first-order chi connectivity index (χ1) is 13.5. The summed E-state index contributed by atoms with van der Waals surface area (Å²) in [7, 11) is 2.00. The number of imidazole rings is 1. The molecule has 8 nitrogen and oxygen atoms in total. The van der Waals surface area contributed by atoms with Crippen LogP contribution in [-0.4, -0.2) is 19.5 Å². The summed E-state index contributed by atoms with van der Waals surface area (Å²) in [5, 5.41) is 3.28. The van der Waals surface area contributed by atoms with Crippen molar-refractivity contribution in [1.82, 2.24) is 19.5 Å². The van der Waals surface area contributed by atoms with E-state index in [0.29, 0.717) is 11.5 Å². The van der Waals surface area contributed by atoms with Crippen molar-refractivity contribution in [3.63, 3.8) is 0 Å². The van der Waals surface area contributed by atoms with Crippen LogP contribution in [0.2, 0.25) is 0 Å². The van der Waals surface area contributed by atoms with Crippen LogP contribution in [0.4, 0.5) is 23.0 Å². The molecule has 142 valence electrons. The minimum absolute atomic E-state index is 0.145. The van der Waals surface area contributed by atoms with Gasteiger partial charge in [-0.05, 0) is 30.7 Å². The number of rotatable bonds is 4. The third kappa shape index (κ3) is 2.94. The molecule has 0 spiro atoms. The first-order valence-electron chi connectivity index (χ1n) is 8.89. The lowest BCUT2D eigenvalue weighted by molar-refractivity contribution is 0.731. The molecule has 2 aromatic carbocycles. The third-order valence-electron chi connectivity index (χ3n) is 4.81. The zero-order valence-electron chi connectivity index (χ0n) is 15.7. The number of hydrogen-bond acceptors (Lipinski definition) is 7. The summed E-state index contributed by atoms with van der Waals surface area (Å²) in [5.74, 6) is 1.60. The first kappa shape index (κ1) is 17.6. The van der Waals surface area contributed by atoms with Crippen LogP contribution in [0.1, 0.15) is 18.8 Å². The molecule has 2 aromatic heterocycles. The van der Waals surface area contributed by atoms with Gasteiger partial charge in [-0.25, -0.2) is 15.0 Å². The van der Waals surface area contributed by atoms with Gasteiger partial charge in [0.15, 0.2) is 11.6 Å². The Morgan fingerprint density at radius 2 is 1.75 bits per heavy atom. The lowest BCUT2D eigenvalue weighted by atomic mass is 10.0. The van der Waals surface area contributed by atoms with Crippen LogP contribution in [0, 0.1) is 0 Å². The Morgan fingerprint density at radius 3 is 2.50 bits per heavy atom. The van der Waals surface area contributed by atoms with Gasteiger partial charge in [0.25, 0.3) is 0 Å². The topological polar surface area (TPSA) is 134 Å². The lowest BCUT2D eigenvalue weighted by Gasteiger charge is -2.16. The predicted octanol–water partition coefficient (Wildman–Crippen LogP) is 2.95. The second kappa shape index (κ2) is 6.73. The summed E-state index contributed by atoms with van der Waals surface area (Å²) in [6.45, 7) is 2.00. The van der Waals surface area contributed by atoms with Gasteiger partial charge in [-0.3, -0.25) is 0 Å². The number of nitrogens with two attached hydrogens (primary N) is 3. The Labute approximate surface area is 162 Å². The highest BCUT2D eigenvalue weighted by Crippen LogP contribution is 2.32. The van der Waals surface area contributed by atoms with Crippen molar-refractivity contribution < 1.29 is 0 Å². The number of benzene rings is 2. The summed E-state index contributed by atoms with van der Waals surface area (Å²) < 4.78 is 2.08. The van der Waals surface area contributed by atoms with Gasteiger partial charge in [0.05, 0.1) is 17.1 Å². The molecule has 4 rings (SSSR count). The van der Waals surface area contributed by atoms with Crippen LogP contribution in [0.3, 0.4) is 0 Å². The number of hydrogen-bond donors (Lipinski definition) is 4. The smallest absolute Gasteiger partial charge is 0.155 e. The van der Waals surface area contributed by atoms with E-state index in [1.54, 1.807) is 0 Å². The van der Waals surface area contributed by atoms with Gasteiger partial charge in [0.1, 0.15) is 17.8 Å². The normalized spacial score (nSPS) is 12.2. The molecule has 0 bridgehead atoms. The Kier molecular flexibility index (Phi) is 4.23. The maximum atomic E-state index is 5.98. The molecule has 1 atom stereocenters. The fourth-order valence-electron chi connectivity index (χ4n) is 3.36. The number of anilines is 4. The lowest BCUT2D eigenvalue weighted by Crippen LogP contribution is -2.15. The summed E-state index contributed by atoms with van der Waals surface area (Å²) in [6.07, 6.45) is 1.38. The van der Waals surface area contributed by atoms with Crippen molar-refractivity contribution in [3.05, 3.63) is 54.6 Å². The molecule has 0 saturated heterocycles. The van der Waals surface area contributed by atoms with Crippen LogP contribution >= 0.6 is 0 Å². The van der Waals surface area contributed by atoms with Crippen LogP contribution in [0.25, 0.3) is 22.2 Å². The van der Waals surface area contributed by atoms with Gasteiger partial charge in [0.2, 0.25) is 0 Å². The molecular weight excluding hydrogens is 352 g/mol. The Hall–Kier alpha value is -3.81. The van der Waals surface area contributed by atoms with Crippen molar-refractivity contribution in [1.29, 1.82) is 0 Å². The first-order valence-corrected chi connectivity index (χ1v) is 8.89. The zero-order valence-corrected chi connectivity index (χ0v) is 15.7. The van der Waals surface area contributed by atoms with E-state index in [9.17, 15) is 0 Å². The predicted molar refractivity (Wildman–Crippen MR) is 113 cm³/mol. The van der Waals surface area contributed by atoms with Crippen molar-refractivity contribution in [2.45, 2.75) is 13.0 Å². The molecule has 4 aromatic rings. The molecular formula is C20H22N8. The number of para-hydroxylation sites is 1. The van der Waals surface area contributed by atoms with E-state index < -0.39 is 0 Å². The Bertz CT molecular complexity index is 1150. The second-order valence-electron chi connectivity index (χ2n) is 6.71. The van der Waals surface area contributed by atoms with Crippen molar-refractivity contribution in [2.75, 3.05) is 22.5 Å². The molecule has 0 aliphatic heterocycles. The second-order valence-corrected chi connectivity index (χ2v) is 6.71. The summed E-state index contributed by atoms with van der Waals surface area (Å²) in [4.78, 5) is 12.9. The number of aryl methyl sites for hydroxylation is 1. The van der Waals surface area contributed by atoms with Gasteiger partial charge < -0.3 is 27.1 Å². The molecule has 7 N–H and O–H groups in total. The number of nitrogens with one attached hydrogen (secondary N) is 1. The van der Waals surface area contributed by atoms with E-state index in [2.05, 4.69) is 25.9 Å². The highest BCUT2D eigenvalue weighted by molar-refractivity contribution is 5.93. The molecule has 2 heterocycles. The zero-order chi connectivity index (χ0) is 19.8. The quantitative estimate of drug-likeness (QED) is 0.403. The van der Waals surface area contributed by atoms with Crippen LogP contribution in [-0.2, 0) is 7.05 Å². The minimum atomic E-state index is -0.145. The molecule has 28 heavy (non-hydrogen) atoms. The summed E-state index contributed by atoms with van der Waals surface area (Å²) in [5.41, 5.74) is 22.8. The molecule has 8 heteroatoms. The van der Waals surface area contributed by atoms with E-state index in [1.165, 1.54) is 6.33 Å². The minimum Gasteiger partial charge on any atom is -0.399 e. The molecule has 0 aliphatic carbocycles. The third-order valence-corrected chi connectivity index (χ3v) is 4.81. The molecule has 0 amide bonds. The average Bonchev–Trinajstić information content (AvgIpc) is 3.03. The number of nitrogen functional groups attached to an aromatic ring is 3. The highest BCUT2D eigenvalue weighted by atomic mass is 15.1. The summed E-state index contributed by atoms with van der Waals surface area (Å²) >= 11 is 0. The van der Waals surface area contributed by atoms with E-state index in [0.717, 1.165) is 33.7 Å². The Balaban J connectivity index is 1.76. The van der Waals surface area contributed by atoms with Gasteiger partial charge in [-0.2, -0.15) is 0 Å².